The highest BCUT2D eigenvalue weighted by molar-refractivity contribution is 4.95. The predicted molar refractivity (Wildman–Crippen MR) is 60.4 cm³/mol. The van der Waals surface area contributed by atoms with E-state index in [0.29, 0.717) is 19.2 Å². The quantitative estimate of drug-likeness (QED) is 0.730. The summed E-state index contributed by atoms with van der Waals surface area (Å²) in [5.41, 5.74) is 0.139. The predicted octanol–water partition coefficient (Wildman–Crippen LogP) is 1.96. The van der Waals surface area contributed by atoms with E-state index in [1.165, 1.54) is 19.3 Å². The number of halogens is 2. The molecule has 1 N–H and O–H groups in total. The lowest BCUT2D eigenvalue weighted by Gasteiger charge is -2.47. The Morgan fingerprint density at radius 3 is 2.88 bits per heavy atom. The van der Waals surface area contributed by atoms with Gasteiger partial charge in [-0.2, -0.15) is 0 Å². The molecule has 1 unspecified atom stereocenters. The van der Waals surface area contributed by atoms with Crippen molar-refractivity contribution >= 4 is 0 Å². The molecule has 0 radical (unpaired) electrons. The Morgan fingerprint density at radius 2 is 2.24 bits per heavy atom. The summed E-state index contributed by atoms with van der Waals surface area (Å²) in [4.78, 5) is 0. The normalized spacial score (nSPS) is 27.4. The van der Waals surface area contributed by atoms with Gasteiger partial charge in [-0.3, -0.25) is 0 Å². The van der Waals surface area contributed by atoms with Gasteiger partial charge in [-0.15, -0.1) is 0 Å². The van der Waals surface area contributed by atoms with E-state index in [4.69, 9.17) is 9.47 Å². The minimum absolute atomic E-state index is 0.139. The van der Waals surface area contributed by atoms with Crippen LogP contribution in [-0.2, 0) is 9.47 Å². The highest BCUT2D eigenvalue weighted by Crippen LogP contribution is 2.42. The summed E-state index contributed by atoms with van der Waals surface area (Å²) >= 11 is 0. The molecule has 1 aliphatic carbocycles. The van der Waals surface area contributed by atoms with E-state index in [2.05, 4.69) is 5.32 Å². The van der Waals surface area contributed by atoms with Crippen LogP contribution in [0.2, 0.25) is 0 Å². The molecule has 0 aromatic heterocycles. The molecule has 17 heavy (non-hydrogen) atoms. The second kappa shape index (κ2) is 6.07. The van der Waals surface area contributed by atoms with Gasteiger partial charge in [-0.05, 0) is 32.1 Å². The minimum Gasteiger partial charge on any atom is -0.375 e. The van der Waals surface area contributed by atoms with Gasteiger partial charge in [0.25, 0.3) is 6.43 Å². The highest BCUT2D eigenvalue weighted by Gasteiger charge is 2.42. The molecule has 2 aliphatic rings. The third-order valence-electron chi connectivity index (χ3n) is 3.68. The van der Waals surface area contributed by atoms with E-state index in [1.807, 2.05) is 0 Å². The lowest BCUT2D eigenvalue weighted by Crippen LogP contribution is -2.51. The molecule has 1 saturated heterocycles. The minimum atomic E-state index is -2.36. The number of rotatable bonds is 6. The molecule has 5 heteroatoms. The molecule has 0 aromatic rings. The van der Waals surface area contributed by atoms with Crippen LogP contribution in [0.5, 0.6) is 0 Å². The van der Waals surface area contributed by atoms with Crippen LogP contribution in [0.4, 0.5) is 8.78 Å². The Hall–Kier alpha value is -0.260. The van der Waals surface area contributed by atoms with Crippen LogP contribution in [0, 0.1) is 0 Å². The first-order valence-electron chi connectivity index (χ1n) is 6.43. The molecule has 100 valence electrons. The van der Waals surface area contributed by atoms with Crippen LogP contribution in [0.1, 0.15) is 32.1 Å². The first-order valence-corrected chi connectivity index (χ1v) is 6.43. The average molecular weight is 249 g/mol. The van der Waals surface area contributed by atoms with Crippen LogP contribution in [-0.4, -0.2) is 44.4 Å². The molecule has 0 aromatic carbocycles. The number of nitrogens with one attached hydrogen (secondary N) is 1. The van der Waals surface area contributed by atoms with E-state index in [0.717, 1.165) is 19.4 Å². The summed E-state index contributed by atoms with van der Waals surface area (Å²) in [7, 11) is 0. The first kappa shape index (κ1) is 13.2. The van der Waals surface area contributed by atoms with E-state index >= 15 is 0 Å². The van der Waals surface area contributed by atoms with E-state index in [1.54, 1.807) is 0 Å². The van der Waals surface area contributed by atoms with E-state index in [-0.39, 0.29) is 5.60 Å². The number of ether oxygens (including phenoxy) is 2. The molecule has 1 heterocycles. The third-order valence-corrected chi connectivity index (χ3v) is 3.68. The van der Waals surface area contributed by atoms with Crippen LogP contribution in [0.15, 0.2) is 0 Å². The van der Waals surface area contributed by atoms with E-state index < -0.39 is 13.0 Å². The molecule has 3 nitrogen and oxygen atoms in total. The van der Waals surface area contributed by atoms with Gasteiger partial charge in [0.1, 0.15) is 6.61 Å². The largest absolute Gasteiger partial charge is 0.375 e. The summed E-state index contributed by atoms with van der Waals surface area (Å²) in [6.07, 6.45) is 3.32. The molecule has 0 bridgehead atoms. The van der Waals surface area contributed by atoms with Crippen molar-refractivity contribution in [3.05, 3.63) is 0 Å². The Balaban J connectivity index is 1.56. The number of hydrogen-bond acceptors (Lipinski definition) is 3. The first-order chi connectivity index (χ1) is 8.20. The maximum atomic E-state index is 11.8. The molecule has 0 amide bonds. The number of alkyl halides is 2. The molecule has 1 saturated carbocycles. The average Bonchev–Trinajstić information content (AvgIpc) is 2.26. The van der Waals surface area contributed by atoms with E-state index in [9.17, 15) is 8.78 Å². The van der Waals surface area contributed by atoms with Crippen molar-refractivity contribution in [3.8, 4) is 0 Å². The van der Waals surface area contributed by atoms with Gasteiger partial charge in [0.15, 0.2) is 0 Å². The zero-order valence-corrected chi connectivity index (χ0v) is 10.1. The van der Waals surface area contributed by atoms with Crippen LogP contribution in [0.3, 0.4) is 0 Å². The van der Waals surface area contributed by atoms with Crippen molar-refractivity contribution in [1.82, 2.24) is 5.32 Å². The lowest BCUT2D eigenvalue weighted by molar-refractivity contribution is -0.135. The van der Waals surface area contributed by atoms with Crippen LogP contribution < -0.4 is 5.32 Å². The summed E-state index contributed by atoms with van der Waals surface area (Å²) in [5.74, 6) is 0. The van der Waals surface area contributed by atoms with Gasteiger partial charge in [-0.25, -0.2) is 8.78 Å². The molecular weight excluding hydrogens is 228 g/mol. The zero-order chi connectivity index (χ0) is 12.1. The van der Waals surface area contributed by atoms with Crippen molar-refractivity contribution in [1.29, 1.82) is 0 Å². The number of hydrogen-bond donors (Lipinski definition) is 1. The monoisotopic (exact) mass is 249 g/mol. The Kier molecular flexibility index (Phi) is 4.70. The lowest BCUT2D eigenvalue weighted by atomic mass is 9.74. The molecular formula is C12H21F2NO2. The molecule has 1 aliphatic heterocycles. The van der Waals surface area contributed by atoms with Gasteiger partial charge >= 0.3 is 0 Å². The smallest absolute Gasteiger partial charge is 0.261 e. The fourth-order valence-electron chi connectivity index (χ4n) is 2.63. The zero-order valence-electron chi connectivity index (χ0n) is 10.1. The van der Waals surface area contributed by atoms with Crippen molar-refractivity contribution in [2.45, 2.75) is 50.2 Å². The SMILES string of the molecule is FC(F)COCCNC1CCOC2(CCC2)C1. The second-order valence-corrected chi connectivity index (χ2v) is 4.99. The molecule has 2 fully saturated rings. The summed E-state index contributed by atoms with van der Waals surface area (Å²) in [5, 5.41) is 3.37. The van der Waals surface area contributed by atoms with Crippen molar-refractivity contribution in [2.24, 2.45) is 0 Å². The van der Waals surface area contributed by atoms with Crippen LogP contribution >= 0.6 is 0 Å². The highest BCUT2D eigenvalue weighted by atomic mass is 19.3. The van der Waals surface area contributed by atoms with Gasteiger partial charge < -0.3 is 14.8 Å². The van der Waals surface area contributed by atoms with Crippen molar-refractivity contribution in [3.63, 3.8) is 0 Å². The van der Waals surface area contributed by atoms with Crippen molar-refractivity contribution < 1.29 is 18.3 Å². The van der Waals surface area contributed by atoms with Gasteiger partial charge in [0.05, 0.1) is 12.2 Å². The van der Waals surface area contributed by atoms with Crippen LogP contribution in [0.25, 0.3) is 0 Å². The Labute approximate surface area is 101 Å². The fraction of sp³-hybridized carbons (Fsp3) is 1.00. The maximum Gasteiger partial charge on any atom is 0.261 e. The topological polar surface area (TPSA) is 30.5 Å². The van der Waals surface area contributed by atoms with Gasteiger partial charge in [0.2, 0.25) is 0 Å². The summed E-state index contributed by atoms with van der Waals surface area (Å²) in [6.45, 7) is 1.36. The van der Waals surface area contributed by atoms with Gasteiger partial charge in [0, 0.05) is 19.2 Å². The molecule has 2 rings (SSSR count). The Bertz CT molecular complexity index is 235. The molecule has 1 atom stereocenters. The van der Waals surface area contributed by atoms with Gasteiger partial charge in [-0.1, -0.05) is 0 Å². The summed E-state index contributed by atoms with van der Waals surface area (Å²) < 4.78 is 34.3. The molecule has 1 spiro atoms. The maximum absolute atomic E-state index is 11.8. The standard InChI is InChI=1S/C12H21F2NO2/c13-11(14)9-16-7-5-15-10-2-6-17-12(8-10)3-1-4-12/h10-11,15H,1-9H2. The second-order valence-electron chi connectivity index (χ2n) is 4.99. The Morgan fingerprint density at radius 1 is 1.41 bits per heavy atom. The third kappa shape index (κ3) is 3.86. The summed E-state index contributed by atoms with van der Waals surface area (Å²) in [6, 6.07) is 0.458. The fourth-order valence-corrected chi connectivity index (χ4v) is 2.63. The van der Waals surface area contributed by atoms with Crippen molar-refractivity contribution in [2.75, 3.05) is 26.4 Å².